The number of rotatable bonds is 5. The number of carbonyl (C=O) groups is 2. The zero-order valence-corrected chi connectivity index (χ0v) is 16.0. The van der Waals surface area contributed by atoms with Gasteiger partial charge in [-0.25, -0.2) is 4.79 Å². The Balaban J connectivity index is 2.46. The van der Waals surface area contributed by atoms with Gasteiger partial charge < -0.3 is 14.6 Å². The quantitative estimate of drug-likeness (QED) is 0.796. The first kappa shape index (κ1) is 19.1. The molecule has 0 bridgehead atoms. The third-order valence-electron chi connectivity index (χ3n) is 4.23. The second-order valence-electron chi connectivity index (χ2n) is 5.81. The van der Waals surface area contributed by atoms with Gasteiger partial charge in [0.1, 0.15) is 5.69 Å². The molecule has 0 fully saturated rings. The van der Waals surface area contributed by atoms with Gasteiger partial charge in [0.15, 0.2) is 0 Å². The average molecular weight is 363 g/mol. The summed E-state index contributed by atoms with van der Waals surface area (Å²) >= 11 is 6.02. The van der Waals surface area contributed by atoms with Crippen molar-refractivity contribution in [3.8, 4) is 0 Å². The standard InChI is InChI=1S/C19H23ClN2O3/c1-6-22-13(5)16(12(4)17(22)19(24)25-7-2)18(23)21-15-10-14(20)9-8-11(15)3/h8-10H,6-7H2,1-5H3,(H,21,23). The van der Waals surface area contributed by atoms with Gasteiger partial charge in [0.2, 0.25) is 0 Å². The number of nitrogens with zero attached hydrogens (tertiary/aromatic N) is 1. The molecule has 2 aromatic rings. The Hall–Kier alpha value is -2.27. The zero-order valence-electron chi connectivity index (χ0n) is 15.2. The Labute approximate surface area is 152 Å². The van der Waals surface area contributed by atoms with Crippen LogP contribution < -0.4 is 5.32 Å². The number of benzene rings is 1. The van der Waals surface area contributed by atoms with Crippen molar-refractivity contribution < 1.29 is 14.3 Å². The molecule has 0 unspecified atom stereocenters. The van der Waals surface area contributed by atoms with Crippen LogP contribution in [0.1, 0.15) is 51.5 Å². The topological polar surface area (TPSA) is 60.3 Å². The van der Waals surface area contributed by atoms with Crippen LogP contribution in [0.4, 0.5) is 5.69 Å². The van der Waals surface area contributed by atoms with E-state index in [-0.39, 0.29) is 12.5 Å². The van der Waals surface area contributed by atoms with Crippen LogP contribution in [0, 0.1) is 20.8 Å². The Kier molecular flexibility index (Phi) is 5.90. The summed E-state index contributed by atoms with van der Waals surface area (Å²) < 4.78 is 6.96. The Morgan fingerprint density at radius 3 is 2.48 bits per heavy atom. The minimum Gasteiger partial charge on any atom is -0.461 e. The second-order valence-corrected chi connectivity index (χ2v) is 6.25. The lowest BCUT2D eigenvalue weighted by Gasteiger charge is -2.10. The van der Waals surface area contributed by atoms with Gasteiger partial charge in [-0.3, -0.25) is 4.79 Å². The number of carbonyl (C=O) groups excluding carboxylic acids is 2. The first-order valence-corrected chi connectivity index (χ1v) is 8.63. The summed E-state index contributed by atoms with van der Waals surface area (Å²) in [5, 5.41) is 3.44. The molecule has 0 aliphatic heterocycles. The first-order valence-electron chi connectivity index (χ1n) is 8.26. The first-order chi connectivity index (χ1) is 11.8. The molecule has 1 N–H and O–H groups in total. The number of anilines is 1. The number of amides is 1. The molecule has 1 heterocycles. The van der Waals surface area contributed by atoms with Gasteiger partial charge in [0.05, 0.1) is 12.2 Å². The largest absolute Gasteiger partial charge is 0.461 e. The smallest absolute Gasteiger partial charge is 0.355 e. The molecule has 25 heavy (non-hydrogen) atoms. The van der Waals surface area contributed by atoms with Crippen LogP contribution in [0.25, 0.3) is 0 Å². The normalized spacial score (nSPS) is 10.6. The van der Waals surface area contributed by atoms with E-state index >= 15 is 0 Å². The number of esters is 1. The SMILES string of the molecule is CCOC(=O)c1c(C)c(C(=O)Nc2cc(Cl)ccc2C)c(C)n1CC. The summed E-state index contributed by atoms with van der Waals surface area (Å²) in [6.45, 7) is 10.0. The third kappa shape index (κ3) is 3.71. The molecule has 0 aliphatic rings. The number of ether oxygens (including phenoxy) is 1. The summed E-state index contributed by atoms with van der Waals surface area (Å²) in [6.07, 6.45) is 0. The van der Waals surface area contributed by atoms with Gasteiger partial charge in [-0.15, -0.1) is 0 Å². The molecule has 0 radical (unpaired) electrons. The van der Waals surface area contributed by atoms with Gasteiger partial charge in [-0.05, 0) is 57.9 Å². The van der Waals surface area contributed by atoms with E-state index in [1.807, 2.05) is 31.4 Å². The number of hydrogen-bond acceptors (Lipinski definition) is 3. The molecule has 1 amide bonds. The van der Waals surface area contributed by atoms with Gasteiger partial charge in [-0.2, -0.15) is 0 Å². The van der Waals surface area contributed by atoms with Crippen molar-refractivity contribution >= 4 is 29.2 Å². The second kappa shape index (κ2) is 7.74. The van der Waals surface area contributed by atoms with Crippen molar-refractivity contribution in [1.29, 1.82) is 0 Å². The van der Waals surface area contributed by atoms with Crippen molar-refractivity contribution in [2.45, 2.75) is 41.2 Å². The van der Waals surface area contributed by atoms with Crippen molar-refractivity contribution in [2.24, 2.45) is 0 Å². The van der Waals surface area contributed by atoms with Crippen LogP contribution in [0.15, 0.2) is 18.2 Å². The summed E-state index contributed by atoms with van der Waals surface area (Å²) in [6, 6.07) is 5.33. The molecule has 6 heteroatoms. The number of aromatic nitrogens is 1. The van der Waals surface area contributed by atoms with Gasteiger partial charge in [0.25, 0.3) is 5.91 Å². The fraction of sp³-hybridized carbons (Fsp3) is 0.368. The number of halogens is 1. The van der Waals surface area contributed by atoms with E-state index in [4.69, 9.17) is 16.3 Å². The van der Waals surface area contributed by atoms with Gasteiger partial charge in [-0.1, -0.05) is 17.7 Å². The molecule has 0 atom stereocenters. The number of hydrogen-bond donors (Lipinski definition) is 1. The molecule has 134 valence electrons. The number of nitrogens with one attached hydrogen (secondary N) is 1. The predicted molar refractivity (Wildman–Crippen MR) is 99.7 cm³/mol. The molecule has 0 saturated heterocycles. The monoisotopic (exact) mass is 362 g/mol. The Bertz CT molecular complexity index is 825. The molecule has 0 spiro atoms. The highest BCUT2D eigenvalue weighted by Gasteiger charge is 2.26. The van der Waals surface area contributed by atoms with Crippen LogP contribution in [0.3, 0.4) is 0 Å². The van der Waals surface area contributed by atoms with Crippen molar-refractivity contribution in [3.05, 3.63) is 51.3 Å². The van der Waals surface area contributed by atoms with E-state index < -0.39 is 5.97 Å². The summed E-state index contributed by atoms with van der Waals surface area (Å²) in [5.74, 6) is -0.680. The fourth-order valence-electron chi connectivity index (χ4n) is 3.00. The van der Waals surface area contributed by atoms with E-state index in [1.54, 1.807) is 26.0 Å². The Morgan fingerprint density at radius 1 is 1.20 bits per heavy atom. The highest BCUT2D eigenvalue weighted by Crippen LogP contribution is 2.26. The minimum absolute atomic E-state index is 0.266. The van der Waals surface area contributed by atoms with E-state index in [0.717, 1.165) is 11.3 Å². The molecule has 0 aliphatic carbocycles. The molecule has 1 aromatic carbocycles. The zero-order chi connectivity index (χ0) is 18.7. The van der Waals surface area contributed by atoms with Crippen LogP contribution >= 0.6 is 11.6 Å². The maximum Gasteiger partial charge on any atom is 0.355 e. The summed E-state index contributed by atoms with van der Waals surface area (Å²) in [4.78, 5) is 25.2. The maximum atomic E-state index is 12.9. The lowest BCUT2D eigenvalue weighted by molar-refractivity contribution is 0.0512. The van der Waals surface area contributed by atoms with Crippen molar-refractivity contribution in [3.63, 3.8) is 0 Å². The van der Waals surface area contributed by atoms with E-state index in [0.29, 0.717) is 34.1 Å². The van der Waals surface area contributed by atoms with E-state index in [9.17, 15) is 9.59 Å². The average Bonchev–Trinajstić information content (AvgIpc) is 2.81. The maximum absolute atomic E-state index is 12.9. The van der Waals surface area contributed by atoms with Gasteiger partial charge in [0, 0.05) is 22.9 Å². The van der Waals surface area contributed by atoms with E-state index in [1.165, 1.54) is 0 Å². The minimum atomic E-state index is -0.414. The molecule has 0 saturated carbocycles. The van der Waals surface area contributed by atoms with Crippen molar-refractivity contribution in [1.82, 2.24) is 4.57 Å². The lowest BCUT2D eigenvalue weighted by Crippen LogP contribution is -2.15. The van der Waals surface area contributed by atoms with Crippen LogP contribution in [-0.4, -0.2) is 23.1 Å². The van der Waals surface area contributed by atoms with Crippen molar-refractivity contribution in [2.75, 3.05) is 11.9 Å². The third-order valence-corrected chi connectivity index (χ3v) is 4.46. The Morgan fingerprint density at radius 2 is 1.88 bits per heavy atom. The molecular formula is C19H23ClN2O3. The molecule has 5 nitrogen and oxygen atoms in total. The molecular weight excluding hydrogens is 340 g/mol. The fourth-order valence-corrected chi connectivity index (χ4v) is 3.17. The van der Waals surface area contributed by atoms with Crippen LogP contribution in [0.2, 0.25) is 5.02 Å². The predicted octanol–water partition coefficient (Wildman–Crippen LogP) is 4.52. The van der Waals surface area contributed by atoms with Gasteiger partial charge >= 0.3 is 5.97 Å². The highest BCUT2D eigenvalue weighted by molar-refractivity contribution is 6.31. The van der Waals surface area contributed by atoms with E-state index in [2.05, 4.69) is 5.32 Å². The van der Waals surface area contributed by atoms with Crippen LogP contribution in [-0.2, 0) is 11.3 Å². The highest BCUT2D eigenvalue weighted by atomic mass is 35.5. The number of aryl methyl sites for hydroxylation is 1. The summed E-state index contributed by atoms with van der Waals surface area (Å²) in [7, 11) is 0. The summed E-state index contributed by atoms with van der Waals surface area (Å²) in [5.41, 5.74) is 3.83. The molecule has 2 rings (SSSR count). The molecule has 1 aromatic heterocycles. The lowest BCUT2D eigenvalue weighted by atomic mass is 10.1. The van der Waals surface area contributed by atoms with Crippen LogP contribution in [0.5, 0.6) is 0 Å².